The molecular weight excluding hydrogens is 621 g/mol. The smallest absolute Gasteiger partial charge is 0.143 e. The van der Waals surface area contributed by atoms with Crippen LogP contribution in [-0.2, 0) is 5.41 Å². The fourth-order valence-corrected chi connectivity index (χ4v) is 9.48. The highest BCUT2D eigenvalue weighted by molar-refractivity contribution is 6.11. The molecule has 0 N–H and O–H groups in total. The van der Waals surface area contributed by atoms with Gasteiger partial charge in [-0.05, 0) is 45.5 Å². The van der Waals surface area contributed by atoms with Gasteiger partial charge in [-0.3, -0.25) is 0 Å². The third-order valence-electron chi connectivity index (χ3n) is 11.5. The van der Waals surface area contributed by atoms with Crippen molar-refractivity contribution in [3.63, 3.8) is 0 Å². The minimum atomic E-state index is -0.544. The number of hydrogen-bond donors (Lipinski definition) is 0. The van der Waals surface area contributed by atoms with Crippen LogP contribution >= 0.6 is 0 Å². The summed E-state index contributed by atoms with van der Waals surface area (Å²) in [5.41, 5.74) is 12.9. The normalized spacial score (nSPS) is 17.4. The van der Waals surface area contributed by atoms with Crippen molar-refractivity contribution in [3.8, 4) is 22.3 Å². The van der Waals surface area contributed by atoms with Crippen molar-refractivity contribution < 1.29 is 8.83 Å². The first-order valence-corrected chi connectivity index (χ1v) is 17.8. The molecule has 0 radical (unpaired) electrons. The first-order chi connectivity index (χ1) is 25.3. The topological polar surface area (TPSA) is 26.3 Å². The number of furan rings is 2. The van der Waals surface area contributed by atoms with E-state index in [1.165, 1.54) is 33.4 Å². The Bertz CT molecular complexity index is 2740. The fourth-order valence-electron chi connectivity index (χ4n) is 9.48. The molecule has 0 saturated heterocycles. The quantitative estimate of drug-likeness (QED) is 0.189. The average Bonchev–Trinajstić information content (AvgIpc) is 3.87. The van der Waals surface area contributed by atoms with Crippen molar-refractivity contribution in [2.75, 3.05) is 0 Å². The lowest BCUT2D eigenvalue weighted by Gasteiger charge is -2.41. The number of allylic oxidation sites excluding steroid dienone is 4. The second kappa shape index (κ2) is 10.8. The summed E-state index contributed by atoms with van der Waals surface area (Å²) in [6.45, 7) is 0. The van der Waals surface area contributed by atoms with E-state index >= 15 is 0 Å². The van der Waals surface area contributed by atoms with Crippen LogP contribution in [0.4, 0.5) is 0 Å². The van der Waals surface area contributed by atoms with Gasteiger partial charge in [0, 0.05) is 44.5 Å². The Balaban J connectivity index is 1.27. The summed E-state index contributed by atoms with van der Waals surface area (Å²) in [5, 5.41) is 4.54. The molecule has 2 atom stereocenters. The third kappa shape index (κ3) is 3.88. The van der Waals surface area contributed by atoms with Gasteiger partial charge < -0.3 is 8.83 Å². The van der Waals surface area contributed by atoms with Gasteiger partial charge in [0.25, 0.3) is 0 Å². The highest BCUT2D eigenvalue weighted by atomic mass is 16.3. The summed E-state index contributed by atoms with van der Waals surface area (Å²) in [6.07, 6.45) is 9.31. The van der Waals surface area contributed by atoms with Gasteiger partial charge in [-0.15, -0.1) is 0 Å². The molecule has 7 aromatic carbocycles. The zero-order valence-corrected chi connectivity index (χ0v) is 27.8. The average molecular weight is 653 g/mol. The van der Waals surface area contributed by atoms with Crippen LogP contribution in [0.2, 0.25) is 0 Å². The van der Waals surface area contributed by atoms with Gasteiger partial charge in [-0.1, -0.05) is 170 Å². The Labute approximate surface area is 295 Å². The molecule has 2 aliphatic carbocycles. The first kappa shape index (κ1) is 28.5. The second-order valence-electron chi connectivity index (χ2n) is 13.9. The standard InChI is InChI=1S/C49H32O2/c1-7-25-41-31(15-1)32-16-2-8-26-42(32)49(41,43-27-9-3-17-33(43)37-21-13-23-39-35-19-5-11-29-45(35)50-47(37)39)44-28-10-4-18-34(44)38-22-14-24-40-36-20-6-12-30-46(36)51-48(38)40/h1-31,41H. The van der Waals surface area contributed by atoms with Crippen LogP contribution in [0.25, 0.3) is 66.1 Å². The molecule has 240 valence electrons. The van der Waals surface area contributed by atoms with Gasteiger partial charge in [-0.2, -0.15) is 0 Å². The number of para-hydroxylation sites is 4. The molecule has 9 aromatic rings. The lowest BCUT2D eigenvalue weighted by Crippen LogP contribution is -2.36. The zero-order chi connectivity index (χ0) is 33.5. The van der Waals surface area contributed by atoms with Crippen molar-refractivity contribution in [2.45, 2.75) is 11.3 Å². The number of rotatable bonds is 4. The van der Waals surface area contributed by atoms with E-state index in [1.54, 1.807) is 0 Å². The van der Waals surface area contributed by atoms with Crippen molar-refractivity contribution in [3.05, 3.63) is 204 Å². The van der Waals surface area contributed by atoms with Gasteiger partial charge in [0.2, 0.25) is 0 Å². The largest absolute Gasteiger partial charge is 0.455 e. The third-order valence-corrected chi connectivity index (χ3v) is 11.5. The number of benzene rings is 7. The maximum absolute atomic E-state index is 6.70. The van der Waals surface area contributed by atoms with Gasteiger partial charge >= 0.3 is 0 Å². The maximum atomic E-state index is 6.70. The van der Waals surface area contributed by atoms with E-state index in [-0.39, 0.29) is 11.8 Å². The Morgan fingerprint density at radius 3 is 1.43 bits per heavy atom. The van der Waals surface area contributed by atoms with Crippen LogP contribution in [0, 0.1) is 5.92 Å². The van der Waals surface area contributed by atoms with E-state index in [2.05, 4.69) is 170 Å². The van der Waals surface area contributed by atoms with E-state index in [9.17, 15) is 0 Å². The predicted molar refractivity (Wildman–Crippen MR) is 209 cm³/mol. The van der Waals surface area contributed by atoms with Crippen molar-refractivity contribution >= 4 is 43.9 Å². The van der Waals surface area contributed by atoms with E-state index < -0.39 is 5.41 Å². The SMILES string of the molecule is C1=CC2c3ccccc3C(c3ccccc3-c3cccc4c3oc3ccccc34)(c3ccccc3-c3cccc4c3oc3ccccc34)C2C=C1. The maximum Gasteiger partial charge on any atom is 0.143 e. The van der Waals surface area contributed by atoms with Crippen LogP contribution in [0.3, 0.4) is 0 Å². The number of hydrogen-bond acceptors (Lipinski definition) is 2. The minimum absolute atomic E-state index is 0.131. The summed E-state index contributed by atoms with van der Waals surface area (Å²) < 4.78 is 13.4. The van der Waals surface area contributed by atoms with E-state index in [0.29, 0.717) is 0 Å². The monoisotopic (exact) mass is 652 g/mol. The van der Waals surface area contributed by atoms with E-state index in [1.807, 2.05) is 12.1 Å². The van der Waals surface area contributed by atoms with Crippen LogP contribution in [0.1, 0.15) is 28.2 Å². The molecule has 2 heterocycles. The second-order valence-corrected chi connectivity index (χ2v) is 13.9. The number of fused-ring (bicyclic) bond motifs is 9. The minimum Gasteiger partial charge on any atom is -0.455 e. The molecule has 0 bridgehead atoms. The molecule has 0 saturated carbocycles. The first-order valence-electron chi connectivity index (χ1n) is 17.8. The molecule has 2 aliphatic rings. The van der Waals surface area contributed by atoms with Crippen molar-refractivity contribution in [1.29, 1.82) is 0 Å². The summed E-state index contributed by atoms with van der Waals surface area (Å²) in [7, 11) is 0. The van der Waals surface area contributed by atoms with Crippen LogP contribution in [0.15, 0.2) is 191 Å². The molecular formula is C49H32O2. The summed E-state index contributed by atoms with van der Waals surface area (Å²) in [4.78, 5) is 0. The lowest BCUT2D eigenvalue weighted by molar-refractivity contribution is 0.458. The molecule has 2 heteroatoms. The zero-order valence-electron chi connectivity index (χ0n) is 27.8. The predicted octanol–water partition coefficient (Wildman–Crippen LogP) is 13.0. The molecule has 2 aromatic heterocycles. The Kier molecular flexibility index (Phi) is 6.03. The molecule has 51 heavy (non-hydrogen) atoms. The van der Waals surface area contributed by atoms with E-state index in [4.69, 9.17) is 8.83 Å². The van der Waals surface area contributed by atoms with Crippen LogP contribution < -0.4 is 0 Å². The van der Waals surface area contributed by atoms with Crippen LogP contribution in [0.5, 0.6) is 0 Å². The molecule has 2 nitrogen and oxygen atoms in total. The molecule has 0 aliphatic heterocycles. The Morgan fingerprint density at radius 2 is 0.824 bits per heavy atom. The Morgan fingerprint density at radius 1 is 0.373 bits per heavy atom. The highest BCUT2D eigenvalue weighted by Crippen LogP contribution is 2.62. The molecule has 0 amide bonds. The molecule has 2 unspecified atom stereocenters. The van der Waals surface area contributed by atoms with Gasteiger partial charge in [0.05, 0.1) is 5.41 Å². The Hall–Kier alpha value is -6.38. The summed E-state index contributed by atoms with van der Waals surface area (Å²) >= 11 is 0. The van der Waals surface area contributed by atoms with Crippen LogP contribution in [-0.4, -0.2) is 0 Å². The molecule has 11 rings (SSSR count). The van der Waals surface area contributed by atoms with Gasteiger partial charge in [-0.25, -0.2) is 0 Å². The molecule has 0 spiro atoms. The lowest BCUT2D eigenvalue weighted by atomic mass is 9.60. The van der Waals surface area contributed by atoms with E-state index in [0.717, 1.165) is 55.0 Å². The summed E-state index contributed by atoms with van der Waals surface area (Å²) in [6, 6.07) is 57.1. The molecule has 0 fully saturated rings. The van der Waals surface area contributed by atoms with Crippen molar-refractivity contribution in [2.24, 2.45) is 5.92 Å². The van der Waals surface area contributed by atoms with Crippen molar-refractivity contribution in [1.82, 2.24) is 0 Å². The summed E-state index contributed by atoms with van der Waals surface area (Å²) in [5.74, 6) is 0.350. The van der Waals surface area contributed by atoms with Gasteiger partial charge in [0.15, 0.2) is 0 Å². The highest BCUT2D eigenvalue weighted by Gasteiger charge is 2.54. The van der Waals surface area contributed by atoms with Gasteiger partial charge in [0.1, 0.15) is 22.3 Å². The fraction of sp³-hybridized carbons (Fsp3) is 0.0612.